The molecule has 126 valence electrons. The molecule has 3 rings (SSSR count). The van der Waals surface area contributed by atoms with Gasteiger partial charge in [0, 0.05) is 11.8 Å². The second kappa shape index (κ2) is 7.71. The summed E-state index contributed by atoms with van der Waals surface area (Å²) >= 11 is 1.71. The molecule has 0 saturated heterocycles. The van der Waals surface area contributed by atoms with E-state index in [-0.39, 0.29) is 5.91 Å². The minimum Gasteiger partial charge on any atom is -0.309 e. The molecule has 3 aromatic rings. The molecule has 1 N–H and O–H groups in total. The molecule has 0 bridgehead atoms. The number of amides is 1. The highest BCUT2D eigenvalue weighted by Gasteiger charge is 2.15. The molecule has 1 amide bonds. The largest absolute Gasteiger partial charge is 0.309 e. The number of aryl methyl sites for hydroxylation is 1. The van der Waals surface area contributed by atoms with Crippen LogP contribution in [0.15, 0.2) is 24.3 Å². The Balaban J connectivity index is 1.99. The van der Waals surface area contributed by atoms with E-state index in [2.05, 4.69) is 30.2 Å². The van der Waals surface area contributed by atoms with Gasteiger partial charge in [0.15, 0.2) is 5.82 Å². The summed E-state index contributed by atoms with van der Waals surface area (Å²) in [7, 11) is 0. The molecular weight excluding hydrogens is 318 g/mol. The van der Waals surface area contributed by atoms with Crippen molar-refractivity contribution in [2.45, 2.75) is 52.4 Å². The summed E-state index contributed by atoms with van der Waals surface area (Å²) in [5, 5.41) is 5.20. The van der Waals surface area contributed by atoms with Crippen molar-refractivity contribution < 1.29 is 4.79 Å². The first-order chi connectivity index (χ1) is 11.7. The fourth-order valence-corrected chi connectivity index (χ4v) is 3.98. The van der Waals surface area contributed by atoms with Gasteiger partial charge in [0.05, 0.1) is 15.2 Å². The molecule has 0 aliphatic carbocycles. The van der Waals surface area contributed by atoms with Crippen LogP contribution in [0.2, 0.25) is 0 Å². The van der Waals surface area contributed by atoms with Crippen LogP contribution in [-0.2, 0) is 11.2 Å². The van der Waals surface area contributed by atoms with Crippen LogP contribution in [0.4, 0.5) is 5.82 Å². The summed E-state index contributed by atoms with van der Waals surface area (Å²) in [6.07, 6.45) is 5.65. The number of hydrogen-bond donors (Lipinski definition) is 1. The van der Waals surface area contributed by atoms with Crippen LogP contribution in [0.5, 0.6) is 0 Å². The molecule has 0 saturated carbocycles. The van der Waals surface area contributed by atoms with E-state index < -0.39 is 0 Å². The number of thiazole rings is 1. The van der Waals surface area contributed by atoms with Gasteiger partial charge in [-0.25, -0.2) is 9.97 Å². The van der Waals surface area contributed by atoms with Crippen molar-refractivity contribution in [3.8, 4) is 0 Å². The Morgan fingerprint density at radius 1 is 1.12 bits per heavy atom. The Hall–Kier alpha value is -2.01. The third-order valence-electron chi connectivity index (χ3n) is 4.01. The molecule has 0 radical (unpaired) electrons. The van der Waals surface area contributed by atoms with Crippen molar-refractivity contribution in [3.05, 3.63) is 29.3 Å². The van der Waals surface area contributed by atoms with E-state index in [4.69, 9.17) is 4.98 Å². The summed E-state index contributed by atoms with van der Waals surface area (Å²) in [4.78, 5) is 21.6. The Labute approximate surface area is 146 Å². The first-order valence-electron chi connectivity index (χ1n) is 8.71. The molecule has 4 nitrogen and oxygen atoms in total. The maximum Gasteiger partial charge on any atom is 0.225 e. The Morgan fingerprint density at radius 2 is 1.96 bits per heavy atom. The normalized spacial score (nSPS) is 11.2. The summed E-state index contributed by atoms with van der Waals surface area (Å²) in [5.74, 6) is 0.626. The summed E-state index contributed by atoms with van der Waals surface area (Å²) in [5.41, 5.74) is 1.73. The lowest BCUT2D eigenvalue weighted by molar-refractivity contribution is -0.116. The average Bonchev–Trinajstić information content (AvgIpc) is 3.00. The first kappa shape index (κ1) is 16.8. The third kappa shape index (κ3) is 3.56. The number of carbonyl (C=O) groups excluding carboxylic acids is 1. The number of anilines is 1. The minimum absolute atomic E-state index is 0.0255. The van der Waals surface area contributed by atoms with Crippen LogP contribution in [0, 0.1) is 0 Å². The maximum atomic E-state index is 12.2. The topological polar surface area (TPSA) is 54.9 Å². The number of nitrogens with zero attached hydrogens (tertiary/aromatic N) is 2. The lowest BCUT2D eigenvalue weighted by Crippen LogP contribution is -2.12. The predicted octanol–water partition coefficient (Wildman–Crippen LogP) is 5.32. The van der Waals surface area contributed by atoms with Gasteiger partial charge in [0.25, 0.3) is 0 Å². The monoisotopic (exact) mass is 341 g/mol. The van der Waals surface area contributed by atoms with Crippen LogP contribution in [0.1, 0.15) is 51.0 Å². The van der Waals surface area contributed by atoms with Crippen molar-refractivity contribution in [3.63, 3.8) is 0 Å². The Morgan fingerprint density at radius 3 is 2.75 bits per heavy atom. The molecule has 0 unspecified atom stereocenters. The van der Waals surface area contributed by atoms with Gasteiger partial charge in [-0.3, -0.25) is 4.79 Å². The summed E-state index contributed by atoms with van der Waals surface area (Å²) in [6.45, 7) is 4.29. The molecule has 0 spiro atoms. The van der Waals surface area contributed by atoms with E-state index in [0.29, 0.717) is 12.2 Å². The smallest absolute Gasteiger partial charge is 0.225 e. The molecule has 0 fully saturated rings. The van der Waals surface area contributed by atoms with Gasteiger partial charge in [-0.15, -0.1) is 11.3 Å². The summed E-state index contributed by atoms with van der Waals surface area (Å²) in [6, 6.07) is 8.06. The zero-order chi connectivity index (χ0) is 16.9. The second-order valence-electron chi connectivity index (χ2n) is 6.02. The van der Waals surface area contributed by atoms with Gasteiger partial charge in [-0.2, -0.15) is 0 Å². The zero-order valence-electron chi connectivity index (χ0n) is 14.3. The van der Waals surface area contributed by atoms with E-state index in [9.17, 15) is 4.79 Å². The van der Waals surface area contributed by atoms with Crippen LogP contribution >= 0.6 is 11.3 Å². The van der Waals surface area contributed by atoms with Crippen LogP contribution in [0.25, 0.3) is 21.1 Å². The van der Waals surface area contributed by atoms with Gasteiger partial charge in [0.1, 0.15) is 5.52 Å². The lowest BCUT2D eigenvalue weighted by Gasteiger charge is -2.07. The number of benzene rings is 1. The number of rotatable bonds is 7. The fraction of sp³-hybridized carbons (Fsp3) is 0.421. The molecule has 0 atom stereocenters. The van der Waals surface area contributed by atoms with Gasteiger partial charge >= 0.3 is 0 Å². The second-order valence-corrected chi connectivity index (χ2v) is 7.10. The molecule has 2 heterocycles. The van der Waals surface area contributed by atoms with E-state index in [0.717, 1.165) is 58.2 Å². The fourth-order valence-electron chi connectivity index (χ4n) is 2.78. The van der Waals surface area contributed by atoms with Gasteiger partial charge in [-0.1, -0.05) is 44.9 Å². The Kier molecular flexibility index (Phi) is 5.41. The number of hydrogen-bond acceptors (Lipinski definition) is 4. The number of unbranched alkanes of at least 4 members (excludes halogenated alkanes) is 2. The highest BCUT2D eigenvalue weighted by atomic mass is 32.1. The van der Waals surface area contributed by atoms with Crippen molar-refractivity contribution in [2.24, 2.45) is 0 Å². The first-order valence-corrected chi connectivity index (χ1v) is 9.52. The van der Waals surface area contributed by atoms with Gasteiger partial charge in [0.2, 0.25) is 5.91 Å². The number of aromatic nitrogens is 2. The van der Waals surface area contributed by atoms with Gasteiger partial charge < -0.3 is 5.32 Å². The molecule has 1 aromatic carbocycles. The van der Waals surface area contributed by atoms with Crippen molar-refractivity contribution >= 4 is 44.2 Å². The van der Waals surface area contributed by atoms with E-state index in [1.807, 2.05) is 18.2 Å². The SMILES string of the molecule is CCCCCC(=O)Nc1nc2ccccc2c2sc(CCC)nc12. The van der Waals surface area contributed by atoms with E-state index >= 15 is 0 Å². The van der Waals surface area contributed by atoms with Crippen LogP contribution < -0.4 is 5.32 Å². The van der Waals surface area contributed by atoms with Crippen LogP contribution in [0.3, 0.4) is 0 Å². The van der Waals surface area contributed by atoms with Crippen molar-refractivity contribution in [2.75, 3.05) is 5.32 Å². The lowest BCUT2D eigenvalue weighted by atomic mass is 10.2. The van der Waals surface area contributed by atoms with E-state index in [1.165, 1.54) is 0 Å². The maximum absolute atomic E-state index is 12.2. The van der Waals surface area contributed by atoms with Crippen molar-refractivity contribution in [1.29, 1.82) is 0 Å². The van der Waals surface area contributed by atoms with E-state index in [1.54, 1.807) is 11.3 Å². The molecule has 24 heavy (non-hydrogen) atoms. The molecular formula is C19H23N3OS. The molecule has 2 aromatic heterocycles. The highest BCUT2D eigenvalue weighted by molar-refractivity contribution is 7.19. The number of pyridine rings is 1. The third-order valence-corrected chi connectivity index (χ3v) is 5.15. The number of fused-ring (bicyclic) bond motifs is 3. The average molecular weight is 341 g/mol. The predicted molar refractivity (Wildman–Crippen MR) is 102 cm³/mol. The highest BCUT2D eigenvalue weighted by Crippen LogP contribution is 2.34. The van der Waals surface area contributed by atoms with Crippen molar-refractivity contribution in [1.82, 2.24) is 9.97 Å². The minimum atomic E-state index is 0.0255. The summed E-state index contributed by atoms with van der Waals surface area (Å²) < 4.78 is 1.12. The standard InChI is InChI=1S/C19H23N3OS/c1-3-5-6-12-15(23)21-19-17-18(24-16(22-17)9-4-2)13-10-7-8-11-14(13)20-19/h7-8,10-11H,3-6,9,12H2,1-2H3,(H,20,21,23). The molecule has 0 aliphatic rings. The number of nitrogens with one attached hydrogen (secondary N) is 1. The quantitative estimate of drug-likeness (QED) is 0.592. The number of carbonyl (C=O) groups is 1. The number of para-hydroxylation sites is 1. The molecule has 5 heteroatoms. The van der Waals surface area contributed by atoms with Crippen LogP contribution in [-0.4, -0.2) is 15.9 Å². The zero-order valence-corrected chi connectivity index (χ0v) is 15.1. The Bertz CT molecular complexity index is 856. The van der Waals surface area contributed by atoms with Gasteiger partial charge in [-0.05, 0) is 25.3 Å². The molecule has 0 aliphatic heterocycles.